The van der Waals surface area contributed by atoms with Gasteiger partial charge in [0.25, 0.3) is 0 Å². The predicted octanol–water partition coefficient (Wildman–Crippen LogP) is 3.65. The number of nitrogens with zero attached hydrogens (tertiary/aromatic N) is 3. The van der Waals surface area contributed by atoms with Gasteiger partial charge in [-0.3, -0.25) is 4.40 Å². The lowest BCUT2D eigenvalue weighted by Crippen LogP contribution is -2.17. The summed E-state index contributed by atoms with van der Waals surface area (Å²) < 4.78 is 4.05. The first-order valence-electron chi connectivity index (χ1n) is 6.15. The Balaban J connectivity index is 1.58. The van der Waals surface area contributed by atoms with Gasteiger partial charge in [0.2, 0.25) is 0 Å². The highest BCUT2D eigenvalue weighted by molar-refractivity contribution is 9.11. The molecule has 104 valence electrons. The molecule has 0 atom stereocenters. The van der Waals surface area contributed by atoms with Crippen molar-refractivity contribution in [3.8, 4) is 0 Å². The molecule has 0 saturated heterocycles. The van der Waals surface area contributed by atoms with E-state index in [2.05, 4.69) is 59.3 Å². The highest BCUT2D eigenvalue weighted by Crippen LogP contribution is 2.22. The highest BCUT2D eigenvalue weighted by atomic mass is 79.9. The molecule has 3 rings (SSSR count). The Morgan fingerprint density at radius 3 is 2.90 bits per heavy atom. The number of halogens is 2. The number of rotatable bonds is 5. The normalized spacial score (nSPS) is 11.3. The van der Waals surface area contributed by atoms with Crippen molar-refractivity contribution in [3.05, 3.63) is 49.7 Å². The van der Waals surface area contributed by atoms with Crippen molar-refractivity contribution in [2.75, 3.05) is 6.54 Å². The second-order valence-corrected chi connectivity index (χ2v) is 7.68. The maximum Gasteiger partial charge on any atom is 0.155 e. The molecular weight excluding hydrogens is 404 g/mol. The molecule has 0 spiro atoms. The van der Waals surface area contributed by atoms with E-state index in [0.29, 0.717) is 0 Å². The second kappa shape index (κ2) is 6.34. The van der Waals surface area contributed by atoms with E-state index in [9.17, 15) is 0 Å². The molecule has 0 fully saturated rings. The molecule has 0 aliphatic carbocycles. The Labute approximate surface area is 137 Å². The van der Waals surface area contributed by atoms with Crippen LogP contribution >= 0.6 is 43.2 Å². The largest absolute Gasteiger partial charge is 0.311 e. The maximum absolute atomic E-state index is 4.34. The number of imidazole rings is 1. The first-order valence-corrected chi connectivity index (χ1v) is 8.55. The smallest absolute Gasteiger partial charge is 0.155 e. The number of hydrogen-bond acceptors (Lipinski definition) is 4. The van der Waals surface area contributed by atoms with Gasteiger partial charge in [0.05, 0.1) is 21.9 Å². The molecule has 4 nitrogen and oxygen atoms in total. The van der Waals surface area contributed by atoms with Crippen molar-refractivity contribution in [2.24, 2.45) is 0 Å². The topological polar surface area (TPSA) is 42.2 Å². The first-order chi connectivity index (χ1) is 9.72. The fourth-order valence-electron chi connectivity index (χ4n) is 1.96. The van der Waals surface area contributed by atoms with Gasteiger partial charge in [-0.1, -0.05) is 0 Å². The molecule has 3 heterocycles. The molecule has 0 amide bonds. The van der Waals surface area contributed by atoms with Crippen LogP contribution in [0.15, 0.2) is 39.1 Å². The Bertz CT molecular complexity index is 722. The third-order valence-corrected chi connectivity index (χ3v) is 5.02. The highest BCUT2D eigenvalue weighted by Gasteiger charge is 2.04. The summed E-state index contributed by atoms with van der Waals surface area (Å²) in [5.74, 6) is 0. The zero-order valence-electron chi connectivity index (χ0n) is 10.5. The summed E-state index contributed by atoms with van der Waals surface area (Å²) in [7, 11) is 0. The van der Waals surface area contributed by atoms with Gasteiger partial charge in [-0.05, 0) is 50.4 Å². The molecule has 0 aromatic carbocycles. The Morgan fingerprint density at radius 2 is 2.10 bits per heavy atom. The monoisotopic (exact) mass is 414 g/mol. The van der Waals surface area contributed by atoms with Crippen LogP contribution < -0.4 is 5.32 Å². The minimum Gasteiger partial charge on any atom is -0.311 e. The van der Waals surface area contributed by atoms with Gasteiger partial charge in [0.15, 0.2) is 5.65 Å². The average molecular weight is 416 g/mol. The third kappa shape index (κ3) is 3.28. The third-order valence-electron chi connectivity index (χ3n) is 2.92. The Kier molecular flexibility index (Phi) is 4.50. The van der Waals surface area contributed by atoms with E-state index in [4.69, 9.17) is 0 Å². The van der Waals surface area contributed by atoms with Crippen molar-refractivity contribution in [2.45, 2.75) is 13.0 Å². The molecular formula is C13H12Br2N4S. The second-order valence-electron chi connectivity index (χ2n) is 4.32. The molecule has 20 heavy (non-hydrogen) atoms. The van der Waals surface area contributed by atoms with Crippen molar-refractivity contribution >= 4 is 48.8 Å². The number of nitrogens with one attached hydrogen (secondary N) is 1. The molecule has 0 bridgehead atoms. The lowest BCUT2D eigenvalue weighted by molar-refractivity contribution is 0.674. The summed E-state index contributed by atoms with van der Waals surface area (Å²) >= 11 is 8.65. The van der Waals surface area contributed by atoms with Crippen LogP contribution in [-0.4, -0.2) is 20.9 Å². The molecule has 7 heteroatoms. The van der Waals surface area contributed by atoms with Crippen LogP contribution in [0.1, 0.15) is 10.6 Å². The van der Waals surface area contributed by atoms with Crippen LogP contribution in [0.4, 0.5) is 0 Å². The van der Waals surface area contributed by atoms with Crippen LogP contribution in [0.2, 0.25) is 0 Å². The van der Waals surface area contributed by atoms with Gasteiger partial charge >= 0.3 is 0 Å². The van der Waals surface area contributed by atoms with Gasteiger partial charge in [-0.15, -0.1) is 11.3 Å². The number of thiophene rings is 1. The zero-order chi connectivity index (χ0) is 13.9. The molecule has 1 N–H and O–H groups in total. The summed E-state index contributed by atoms with van der Waals surface area (Å²) in [5, 5.41) is 3.45. The number of fused-ring (bicyclic) bond motifs is 1. The molecule has 3 aromatic rings. The standard InChI is InChI=1S/C13H12Br2N4S/c14-11-8-19-9(6-18-13(19)7-17-11)5-16-4-3-10-1-2-12(15)20-10/h1-2,6-8,16H,3-5H2. The Morgan fingerprint density at radius 1 is 1.20 bits per heavy atom. The van der Waals surface area contributed by atoms with E-state index in [1.807, 2.05) is 16.8 Å². The van der Waals surface area contributed by atoms with Crippen LogP contribution in [0.25, 0.3) is 5.65 Å². The van der Waals surface area contributed by atoms with E-state index < -0.39 is 0 Å². The molecule has 0 unspecified atom stereocenters. The van der Waals surface area contributed by atoms with E-state index in [1.54, 1.807) is 17.5 Å². The molecule has 0 saturated carbocycles. The van der Waals surface area contributed by atoms with Crippen LogP contribution in [0.5, 0.6) is 0 Å². The van der Waals surface area contributed by atoms with Gasteiger partial charge in [-0.25, -0.2) is 9.97 Å². The van der Waals surface area contributed by atoms with Crippen molar-refractivity contribution in [3.63, 3.8) is 0 Å². The average Bonchev–Trinajstić information content (AvgIpc) is 3.01. The molecule has 0 aliphatic rings. The predicted molar refractivity (Wildman–Crippen MR) is 88.1 cm³/mol. The first kappa shape index (κ1) is 14.2. The molecule has 0 radical (unpaired) electrons. The minimum absolute atomic E-state index is 0.796. The number of hydrogen-bond donors (Lipinski definition) is 1. The lowest BCUT2D eigenvalue weighted by Gasteiger charge is -2.04. The fraction of sp³-hybridized carbons (Fsp3) is 0.231. The minimum atomic E-state index is 0.796. The van der Waals surface area contributed by atoms with Crippen LogP contribution in [-0.2, 0) is 13.0 Å². The lowest BCUT2D eigenvalue weighted by atomic mass is 10.3. The fourth-order valence-corrected chi connectivity index (χ4v) is 3.75. The summed E-state index contributed by atoms with van der Waals surface area (Å²) in [6.07, 6.45) is 6.63. The van der Waals surface area contributed by atoms with Crippen molar-refractivity contribution < 1.29 is 0 Å². The Hall–Kier alpha value is -0.760. The van der Waals surface area contributed by atoms with Gasteiger partial charge in [-0.2, -0.15) is 0 Å². The van der Waals surface area contributed by atoms with Crippen LogP contribution in [0.3, 0.4) is 0 Å². The van der Waals surface area contributed by atoms with E-state index in [-0.39, 0.29) is 0 Å². The van der Waals surface area contributed by atoms with E-state index in [0.717, 1.165) is 35.5 Å². The number of aromatic nitrogens is 3. The summed E-state index contributed by atoms with van der Waals surface area (Å²) in [5.41, 5.74) is 2.00. The van der Waals surface area contributed by atoms with Crippen molar-refractivity contribution in [1.29, 1.82) is 0 Å². The zero-order valence-corrected chi connectivity index (χ0v) is 14.5. The summed E-state index contributed by atoms with van der Waals surface area (Å²) in [4.78, 5) is 9.89. The summed E-state index contributed by atoms with van der Waals surface area (Å²) in [6.45, 7) is 1.75. The van der Waals surface area contributed by atoms with Crippen LogP contribution in [0, 0.1) is 0 Å². The van der Waals surface area contributed by atoms with Gasteiger partial charge in [0.1, 0.15) is 4.60 Å². The summed E-state index contributed by atoms with van der Waals surface area (Å²) in [6, 6.07) is 4.25. The van der Waals surface area contributed by atoms with Gasteiger partial charge < -0.3 is 5.32 Å². The quantitative estimate of drug-likeness (QED) is 0.646. The van der Waals surface area contributed by atoms with Gasteiger partial charge in [0, 0.05) is 24.2 Å². The van der Waals surface area contributed by atoms with E-state index >= 15 is 0 Å². The molecule has 3 aromatic heterocycles. The van der Waals surface area contributed by atoms with Crippen molar-refractivity contribution in [1.82, 2.24) is 19.7 Å². The maximum atomic E-state index is 4.34. The molecule has 0 aliphatic heterocycles. The van der Waals surface area contributed by atoms with E-state index in [1.165, 1.54) is 8.66 Å². The SMILES string of the molecule is Brc1cn2c(CNCCc3ccc(Br)s3)cnc2cn1.